The van der Waals surface area contributed by atoms with Crippen molar-refractivity contribution in [3.8, 4) is 11.4 Å². The molecule has 1 aromatic carbocycles. The SMILES string of the molecule is CCn1c(SCC(=O)c2ccc(C(C)(C)C)cc2)nnc1-c1ccoc1C. The van der Waals surface area contributed by atoms with E-state index in [1.165, 1.54) is 17.3 Å². The Balaban J connectivity index is 1.72. The van der Waals surface area contributed by atoms with Crippen LogP contribution in [0.2, 0.25) is 0 Å². The Morgan fingerprint density at radius 3 is 2.41 bits per heavy atom. The number of carbonyl (C=O) groups excluding carboxylic acids is 1. The summed E-state index contributed by atoms with van der Waals surface area (Å²) in [5.74, 6) is 2.00. The highest BCUT2D eigenvalue weighted by Crippen LogP contribution is 2.27. The Morgan fingerprint density at radius 2 is 1.85 bits per heavy atom. The molecule has 0 aliphatic heterocycles. The largest absolute Gasteiger partial charge is 0.469 e. The van der Waals surface area contributed by atoms with Crippen molar-refractivity contribution < 1.29 is 9.21 Å². The Morgan fingerprint density at radius 1 is 1.15 bits per heavy atom. The van der Waals surface area contributed by atoms with Crippen LogP contribution in [-0.2, 0) is 12.0 Å². The first-order valence-corrected chi connectivity index (χ1v) is 10.0. The molecule has 0 atom stereocenters. The van der Waals surface area contributed by atoms with Crippen molar-refractivity contribution in [1.29, 1.82) is 0 Å². The van der Waals surface area contributed by atoms with Crippen LogP contribution >= 0.6 is 11.8 Å². The summed E-state index contributed by atoms with van der Waals surface area (Å²) >= 11 is 1.42. The number of hydrogen-bond donors (Lipinski definition) is 0. The van der Waals surface area contributed by atoms with Gasteiger partial charge in [-0.05, 0) is 30.9 Å². The molecule has 0 saturated heterocycles. The van der Waals surface area contributed by atoms with Gasteiger partial charge in [0.05, 0.1) is 17.6 Å². The molecule has 0 spiro atoms. The minimum absolute atomic E-state index is 0.0789. The molecule has 6 heteroatoms. The van der Waals surface area contributed by atoms with E-state index in [1.807, 2.05) is 48.7 Å². The summed E-state index contributed by atoms with van der Waals surface area (Å²) in [6.07, 6.45) is 1.65. The highest BCUT2D eigenvalue weighted by molar-refractivity contribution is 7.99. The molecule has 3 rings (SSSR count). The average Bonchev–Trinajstić information content (AvgIpc) is 3.24. The fourth-order valence-corrected chi connectivity index (χ4v) is 3.76. The second-order valence-corrected chi connectivity index (χ2v) is 8.42. The molecule has 142 valence electrons. The van der Waals surface area contributed by atoms with Gasteiger partial charge in [-0.15, -0.1) is 10.2 Å². The van der Waals surface area contributed by atoms with Crippen molar-refractivity contribution in [2.24, 2.45) is 0 Å². The second-order valence-electron chi connectivity index (χ2n) is 7.48. The maximum absolute atomic E-state index is 12.6. The van der Waals surface area contributed by atoms with Gasteiger partial charge in [0.25, 0.3) is 0 Å². The second kappa shape index (κ2) is 7.72. The number of nitrogens with zero attached hydrogens (tertiary/aromatic N) is 3. The van der Waals surface area contributed by atoms with Gasteiger partial charge in [-0.25, -0.2) is 0 Å². The van der Waals surface area contributed by atoms with E-state index < -0.39 is 0 Å². The molecule has 0 bridgehead atoms. The van der Waals surface area contributed by atoms with Gasteiger partial charge in [-0.3, -0.25) is 4.79 Å². The fraction of sp³-hybridized carbons (Fsp3) is 0.381. The molecule has 0 aliphatic rings. The molecular weight excluding hydrogens is 358 g/mol. The third-order valence-electron chi connectivity index (χ3n) is 4.54. The third-order valence-corrected chi connectivity index (χ3v) is 5.50. The number of benzene rings is 1. The first-order chi connectivity index (χ1) is 12.8. The zero-order valence-corrected chi connectivity index (χ0v) is 17.3. The van der Waals surface area contributed by atoms with Crippen LogP contribution in [0.25, 0.3) is 11.4 Å². The number of thioether (sulfide) groups is 1. The van der Waals surface area contributed by atoms with Crippen molar-refractivity contribution in [3.05, 3.63) is 53.5 Å². The minimum atomic E-state index is 0.0789. The first-order valence-electron chi connectivity index (χ1n) is 9.05. The normalized spacial score (nSPS) is 11.7. The van der Waals surface area contributed by atoms with Gasteiger partial charge in [-0.2, -0.15) is 0 Å². The zero-order chi connectivity index (χ0) is 19.6. The average molecular weight is 384 g/mol. The number of Topliss-reactive ketones (excluding diaryl/α,β-unsaturated/α-hetero) is 1. The number of furan rings is 1. The summed E-state index contributed by atoms with van der Waals surface area (Å²) in [6.45, 7) is 11.2. The lowest BCUT2D eigenvalue weighted by atomic mass is 9.86. The van der Waals surface area contributed by atoms with Crippen LogP contribution in [0, 0.1) is 6.92 Å². The van der Waals surface area contributed by atoms with E-state index in [1.54, 1.807) is 6.26 Å². The Bertz CT molecular complexity index is 933. The zero-order valence-electron chi connectivity index (χ0n) is 16.4. The summed E-state index contributed by atoms with van der Waals surface area (Å²) in [7, 11) is 0. The van der Waals surface area contributed by atoms with Gasteiger partial charge in [-0.1, -0.05) is 56.8 Å². The van der Waals surface area contributed by atoms with Crippen LogP contribution in [0.15, 0.2) is 46.2 Å². The highest BCUT2D eigenvalue weighted by Gasteiger charge is 2.18. The molecule has 0 aliphatic carbocycles. The van der Waals surface area contributed by atoms with E-state index in [9.17, 15) is 4.79 Å². The van der Waals surface area contributed by atoms with Gasteiger partial charge >= 0.3 is 0 Å². The number of ketones is 1. The van der Waals surface area contributed by atoms with Crippen molar-refractivity contribution in [2.75, 3.05) is 5.75 Å². The maximum atomic E-state index is 12.6. The van der Waals surface area contributed by atoms with E-state index in [4.69, 9.17) is 4.42 Å². The lowest BCUT2D eigenvalue weighted by molar-refractivity contribution is 0.102. The molecule has 3 aromatic rings. The number of aryl methyl sites for hydroxylation is 1. The van der Waals surface area contributed by atoms with Crippen LogP contribution < -0.4 is 0 Å². The molecule has 0 saturated carbocycles. The number of rotatable bonds is 6. The van der Waals surface area contributed by atoms with Gasteiger partial charge < -0.3 is 8.98 Å². The van der Waals surface area contributed by atoms with Gasteiger partial charge in [0.1, 0.15) is 5.76 Å². The fourth-order valence-electron chi connectivity index (χ4n) is 2.87. The van der Waals surface area contributed by atoms with Crippen molar-refractivity contribution in [3.63, 3.8) is 0 Å². The summed E-state index contributed by atoms with van der Waals surface area (Å²) in [5, 5.41) is 9.32. The lowest BCUT2D eigenvalue weighted by Crippen LogP contribution is -2.11. The van der Waals surface area contributed by atoms with Gasteiger partial charge in [0.2, 0.25) is 0 Å². The van der Waals surface area contributed by atoms with Crippen molar-refractivity contribution in [1.82, 2.24) is 14.8 Å². The predicted octanol–water partition coefficient (Wildman–Crippen LogP) is 5.14. The summed E-state index contributed by atoms with van der Waals surface area (Å²) in [6, 6.07) is 9.78. The molecule has 0 unspecified atom stereocenters. The van der Waals surface area contributed by atoms with Gasteiger partial charge in [0.15, 0.2) is 16.8 Å². The molecule has 5 nitrogen and oxygen atoms in total. The summed E-state index contributed by atoms with van der Waals surface area (Å²) < 4.78 is 7.39. The quantitative estimate of drug-likeness (QED) is 0.436. The van der Waals surface area contributed by atoms with Gasteiger partial charge in [0, 0.05) is 12.1 Å². The topological polar surface area (TPSA) is 60.9 Å². The Kier molecular flexibility index (Phi) is 5.56. The van der Waals surface area contributed by atoms with Crippen LogP contribution in [0.4, 0.5) is 0 Å². The van der Waals surface area contributed by atoms with Crippen LogP contribution in [-0.4, -0.2) is 26.3 Å². The smallest absolute Gasteiger partial charge is 0.191 e. The summed E-state index contributed by atoms with van der Waals surface area (Å²) in [5.41, 5.74) is 2.96. The molecule has 0 radical (unpaired) electrons. The Hall–Kier alpha value is -2.34. The predicted molar refractivity (Wildman–Crippen MR) is 108 cm³/mol. The Labute approximate surface area is 164 Å². The molecule has 2 heterocycles. The molecule has 0 N–H and O–H groups in total. The molecule has 27 heavy (non-hydrogen) atoms. The van der Waals surface area contributed by atoms with E-state index in [-0.39, 0.29) is 11.2 Å². The van der Waals surface area contributed by atoms with E-state index in [0.717, 1.165) is 34.4 Å². The summed E-state index contributed by atoms with van der Waals surface area (Å²) in [4.78, 5) is 12.6. The van der Waals surface area contributed by atoms with Crippen LogP contribution in [0.3, 0.4) is 0 Å². The molecule has 0 amide bonds. The van der Waals surface area contributed by atoms with Crippen LogP contribution in [0.1, 0.15) is 49.4 Å². The molecular formula is C21H25N3O2S. The van der Waals surface area contributed by atoms with E-state index in [2.05, 4.69) is 31.0 Å². The van der Waals surface area contributed by atoms with E-state index in [0.29, 0.717) is 5.75 Å². The third kappa shape index (κ3) is 4.16. The molecule has 0 fully saturated rings. The lowest BCUT2D eigenvalue weighted by Gasteiger charge is -2.18. The number of aromatic nitrogens is 3. The van der Waals surface area contributed by atoms with Crippen LogP contribution in [0.5, 0.6) is 0 Å². The monoisotopic (exact) mass is 383 g/mol. The maximum Gasteiger partial charge on any atom is 0.191 e. The number of hydrogen-bond acceptors (Lipinski definition) is 5. The van der Waals surface area contributed by atoms with Crippen molar-refractivity contribution >= 4 is 17.5 Å². The first kappa shape index (κ1) is 19.4. The molecule has 2 aromatic heterocycles. The number of carbonyl (C=O) groups is 1. The standard InChI is InChI=1S/C21H25N3O2S/c1-6-24-19(17-11-12-26-14(17)2)22-23-20(24)27-13-18(25)15-7-9-16(10-8-15)21(3,4)5/h7-12H,6,13H2,1-5H3. The highest BCUT2D eigenvalue weighted by atomic mass is 32.2. The van der Waals surface area contributed by atoms with E-state index >= 15 is 0 Å². The minimum Gasteiger partial charge on any atom is -0.469 e. The van der Waals surface area contributed by atoms with Crippen molar-refractivity contribution in [2.45, 2.75) is 51.7 Å².